The highest BCUT2D eigenvalue weighted by atomic mass is 16.2. The van der Waals surface area contributed by atoms with Crippen molar-refractivity contribution < 1.29 is 4.79 Å². The minimum Gasteiger partial charge on any atom is -0.368 e. The number of piperazine rings is 1. The van der Waals surface area contributed by atoms with Gasteiger partial charge in [-0.05, 0) is 43.0 Å². The Hall–Kier alpha value is -2.63. The van der Waals surface area contributed by atoms with E-state index in [1.54, 1.807) is 28.1 Å². The first kappa shape index (κ1) is 19.1. The maximum Gasteiger partial charge on any atom is 0.263 e. The lowest BCUT2D eigenvalue weighted by Gasteiger charge is -2.36. The van der Waals surface area contributed by atoms with Crippen LogP contribution in [0.25, 0.3) is 0 Å². The quantitative estimate of drug-likeness (QED) is 0.814. The second-order valence-corrected chi connectivity index (χ2v) is 7.54. The van der Waals surface area contributed by atoms with Crippen molar-refractivity contribution in [2.75, 3.05) is 31.1 Å². The van der Waals surface area contributed by atoms with Crippen LogP contribution in [0.1, 0.15) is 36.2 Å². The van der Waals surface area contributed by atoms with Crippen LogP contribution in [0.5, 0.6) is 0 Å². The SMILES string of the molecule is Cc1ccn(CCC(C)C)c(=O)c1C(=O)N1CCN(c2ccncc2)CC1. The average molecular weight is 368 g/mol. The van der Waals surface area contributed by atoms with E-state index in [-0.39, 0.29) is 11.5 Å². The predicted octanol–water partition coefficient (Wildman–Crippen LogP) is 2.56. The van der Waals surface area contributed by atoms with Gasteiger partial charge in [0.05, 0.1) is 0 Å². The molecule has 1 saturated heterocycles. The molecule has 0 atom stereocenters. The molecular formula is C21H28N4O2. The Bertz CT molecular complexity index is 837. The van der Waals surface area contributed by atoms with Gasteiger partial charge in [-0.1, -0.05) is 13.8 Å². The zero-order chi connectivity index (χ0) is 19.4. The van der Waals surface area contributed by atoms with Crippen LogP contribution in [-0.4, -0.2) is 46.5 Å². The molecule has 27 heavy (non-hydrogen) atoms. The highest BCUT2D eigenvalue weighted by Gasteiger charge is 2.26. The number of nitrogens with zero attached hydrogens (tertiary/aromatic N) is 4. The number of hydrogen-bond acceptors (Lipinski definition) is 4. The van der Waals surface area contributed by atoms with Gasteiger partial charge in [-0.2, -0.15) is 0 Å². The van der Waals surface area contributed by atoms with Crippen molar-refractivity contribution in [1.82, 2.24) is 14.5 Å². The Kier molecular flexibility index (Phi) is 5.94. The number of hydrogen-bond donors (Lipinski definition) is 0. The van der Waals surface area contributed by atoms with E-state index in [1.807, 2.05) is 25.1 Å². The molecule has 2 aromatic rings. The second kappa shape index (κ2) is 8.37. The molecule has 0 aromatic carbocycles. The summed E-state index contributed by atoms with van der Waals surface area (Å²) in [5, 5.41) is 0. The summed E-state index contributed by atoms with van der Waals surface area (Å²) in [7, 11) is 0. The third-order valence-corrected chi connectivity index (χ3v) is 5.13. The highest BCUT2D eigenvalue weighted by Crippen LogP contribution is 2.16. The fraction of sp³-hybridized carbons (Fsp3) is 0.476. The first-order valence-corrected chi connectivity index (χ1v) is 9.61. The number of rotatable bonds is 5. The molecule has 144 valence electrons. The largest absolute Gasteiger partial charge is 0.368 e. The molecule has 3 heterocycles. The van der Waals surface area contributed by atoms with Gasteiger partial charge in [-0.15, -0.1) is 0 Å². The minimum atomic E-state index is -0.169. The van der Waals surface area contributed by atoms with E-state index in [2.05, 4.69) is 23.7 Å². The van der Waals surface area contributed by atoms with Crippen LogP contribution < -0.4 is 10.5 Å². The van der Waals surface area contributed by atoms with E-state index >= 15 is 0 Å². The van der Waals surface area contributed by atoms with Crippen molar-refractivity contribution in [3.63, 3.8) is 0 Å². The molecule has 0 spiro atoms. The van der Waals surface area contributed by atoms with Gasteiger partial charge < -0.3 is 14.4 Å². The van der Waals surface area contributed by atoms with E-state index in [0.717, 1.165) is 30.8 Å². The fourth-order valence-corrected chi connectivity index (χ4v) is 3.38. The summed E-state index contributed by atoms with van der Waals surface area (Å²) in [6.07, 6.45) is 6.28. The van der Waals surface area contributed by atoms with Crippen LogP contribution in [0, 0.1) is 12.8 Å². The van der Waals surface area contributed by atoms with Crippen LogP contribution in [0.3, 0.4) is 0 Å². The molecule has 0 bridgehead atoms. The molecular weight excluding hydrogens is 340 g/mol. The number of anilines is 1. The van der Waals surface area contributed by atoms with E-state index < -0.39 is 0 Å². The van der Waals surface area contributed by atoms with Crippen molar-refractivity contribution in [3.8, 4) is 0 Å². The van der Waals surface area contributed by atoms with Crippen LogP contribution in [0.2, 0.25) is 0 Å². The summed E-state index contributed by atoms with van der Waals surface area (Å²) in [5.74, 6) is 0.365. The maximum absolute atomic E-state index is 13.1. The predicted molar refractivity (Wildman–Crippen MR) is 107 cm³/mol. The van der Waals surface area contributed by atoms with Gasteiger partial charge in [0.25, 0.3) is 11.5 Å². The van der Waals surface area contributed by atoms with E-state index in [9.17, 15) is 9.59 Å². The Morgan fingerprint density at radius 3 is 2.41 bits per heavy atom. The molecule has 1 fully saturated rings. The number of carbonyl (C=O) groups is 1. The van der Waals surface area contributed by atoms with E-state index in [1.165, 1.54) is 0 Å². The molecule has 2 aromatic heterocycles. The Balaban J connectivity index is 1.73. The van der Waals surface area contributed by atoms with Crippen molar-refractivity contribution in [2.45, 2.75) is 33.7 Å². The molecule has 6 heteroatoms. The van der Waals surface area contributed by atoms with Gasteiger partial charge in [-0.25, -0.2) is 0 Å². The van der Waals surface area contributed by atoms with Crippen molar-refractivity contribution in [1.29, 1.82) is 0 Å². The summed E-state index contributed by atoms with van der Waals surface area (Å²) >= 11 is 0. The second-order valence-electron chi connectivity index (χ2n) is 7.54. The maximum atomic E-state index is 13.1. The Labute approximate surface area is 160 Å². The first-order chi connectivity index (χ1) is 13.0. The summed E-state index contributed by atoms with van der Waals surface area (Å²) in [5.41, 5.74) is 2.02. The van der Waals surface area contributed by atoms with Gasteiger partial charge in [0, 0.05) is 57.0 Å². The normalized spacial score (nSPS) is 14.7. The molecule has 1 amide bonds. The smallest absolute Gasteiger partial charge is 0.263 e. The number of aryl methyl sites for hydroxylation is 2. The number of amides is 1. The van der Waals surface area contributed by atoms with Crippen LogP contribution >= 0.6 is 0 Å². The molecule has 0 saturated carbocycles. The van der Waals surface area contributed by atoms with Crippen molar-refractivity contribution >= 4 is 11.6 Å². The third kappa shape index (κ3) is 4.38. The molecule has 6 nitrogen and oxygen atoms in total. The molecule has 1 aliphatic heterocycles. The topological polar surface area (TPSA) is 58.4 Å². The molecule has 0 N–H and O–H groups in total. The van der Waals surface area contributed by atoms with Crippen molar-refractivity contribution in [2.24, 2.45) is 5.92 Å². The standard InChI is InChI=1S/C21H28N4O2/c1-16(2)6-10-24-11-7-17(3)19(20(24)26)21(27)25-14-12-23(13-15-25)18-4-8-22-9-5-18/h4-5,7-9,11,16H,6,10,12-15H2,1-3H3. The fourth-order valence-electron chi connectivity index (χ4n) is 3.38. The van der Waals surface area contributed by atoms with Crippen molar-refractivity contribution in [3.05, 3.63) is 58.3 Å². The summed E-state index contributed by atoms with van der Waals surface area (Å²) in [6, 6.07) is 5.83. The Morgan fingerprint density at radius 1 is 1.11 bits per heavy atom. The minimum absolute atomic E-state index is 0.147. The lowest BCUT2D eigenvalue weighted by molar-refractivity contribution is 0.0743. The molecule has 3 rings (SSSR count). The van der Waals surface area contributed by atoms with Gasteiger partial charge in [0.2, 0.25) is 0 Å². The van der Waals surface area contributed by atoms with E-state index in [4.69, 9.17) is 0 Å². The van der Waals surface area contributed by atoms with Crippen LogP contribution in [0.15, 0.2) is 41.6 Å². The van der Waals surface area contributed by atoms with Gasteiger partial charge >= 0.3 is 0 Å². The zero-order valence-corrected chi connectivity index (χ0v) is 16.4. The Morgan fingerprint density at radius 2 is 1.78 bits per heavy atom. The molecule has 1 aliphatic rings. The van der Waals surface area contributed by atoms with Gasteiger partial charge in [-0.3, -0.25) is 14.6 Å². The third-order valence-electron chi connectivity index (χ3n) is 5.13. The summed E-state index contributed by atoms with van der Waals surface area (Å²) < 4.78 is 1.67. The zero-order valence-electron chi connectivity index (χ0n) is 16.4. The summed E-state index contributed by atoms with van der Waals surface area (Å²) in [6.45, 7) is 9.48. The first-order valence-electron chi connectivity index (χ1n) is 9.61. The van der Waals surface area contributed by atoms with Gasteiger partial charge in [0.15, 0.2) is 0 Å². The lowest BCUT2D eigenvalue weighted by atomic mass is 10.1. The molecule has 0 radical (unpaired) electrons. The van der Waals surface area contributed by atoms with Crippen LogP contribution in [0.4, 0.5) is 5.69 Å². The van der Waals surface area contributed by atoms with E-state index in [0.29, 0.717) is 31.1 Å². The number of carbonyl (C=O) groups excluding carboxylic acids is 1. The van der Waals surface area contributed by atoms with Crippen LogP contribution in [-0.2, 0) is 6.54 Å². The molecule has 0 unspecified atom stereocenters. The monoisotopic (exact) mass is 368 g/mol. The molecule has 0 aliphatic carbocycles. The number of aromatic nitrogens is 2. The van der Waals surface area contributed by atoms with Gasteiger partial charge in [0.1, 0.15) is 5.56 Å². The lowest BCUT2D eigenvalue weighted by Crippen LogP contribution is -2.50. The highest BCUT2D eigenvalue weighted by molar-refractivity contribution is 5.95. The summed E-state index contributed by atoms with van der Waals surface area (Å²) in [4.78, 5) is 34.0. The average Bonchev–Trinajstić information content (AvgIpc) is 2.68. The number of pyridine rings is 2.